The SMILES string of the molecule is CCOC(=O)c1[nH]c(C)c(C(=O)N2CCO[C@@H](CN(C)C)[C@@H]2c2cnn(C)c2)c1C. The molecule has 0 saturated carbocycles. The van der Waals surface area contributed by atoms with Gasteiger partial charge in [0.1, 0.15) is 5.69 Å². The summed E-state index contributed by atoms with van der Waals surface area (Å²) in [6, 6.07) is -0.276. The van der Waals surface area contributed by atoms with Crippen LogP contribution in [0.3, 0.4) is 0 Å². The first-order valence-electron chi connectivity index (χ1n) is 10.2. The van der Waals surface area contributed by atoms with Crippen molar-refractivity contribution in [2.45, 2.75) is 32.9 Å². The number of aromatic amines is 1. The number of carbonyl (C=O) groups excluding carboxylic acids is 2. The number of ether oxygens (including phenoxy) is 2. The van der Waals surface area contributed by atoms with E-state index < -0.39 is 5.97 Å². The second-order valence-corrected chi connectivity index (χ2v) is 7.91. The zero-order valence-electron chi connectivity index (χ0n) is 18.6. The number of hydrogen-bond acceptors (Lipinski definition) is 6. The molecule has 2 aromatic heterocycles. The van der Waals surface area contributed by atoms with Gasteiger partial charge in [0.15, 0.2) is 0 Å². The van der Waals surface area contributed by atoms with E-state index in [-0.39, 0.29) is 24.7 Å². The van der Waals surface area contributed by atoms with Crippen LogP contribution in [0.1, 0.15) is 50.6 Å². The van der Waals surface area contributed by atoms with Gasteiger partial charge in [-0.2, -0.15) is 5.10 Å². The summed E-state index contributed by atoms with van der Waals surface area (Å²) >= 11 is 0. The molecule has 0 bridgehead atoms. The average Bonchev–Trinajstić information content (AvgIpc) is 3.23. The van der Waals surface area contributed by atoms with Crippen LogP contribution in [0.4, 0.5) is 0 Å². The lowest BCUT2D eigenvalue weighted by molar-refractivity contribution is -0.0685. The minimum atomic E-state index is -0.451. The van der Waals surface area contributed by atoms with Gasteiger partial charge in [-0.25, -0.2) is 4.79 Å². The summed E-state index contributed by atoms with van der Waals surface area (Å²) < 4.78 is 12.9. The topological polar surface area (TPSA) is 92.7 Å². The van der Waals surface area contributed by atoms with Crippen LogP contribution >= 0.6 is 0 Å². The Bertz CT molecular complexity index is 917. The van der Waals surface area contributed by atoms with Crippen molar-refractivity contribution in [3.05, 3.63) is 40.5 Å². The quantitative estimate of drug-likeness (QED) is 0.719. The lowest BCUT2D eigenvalue weighted by Crippen LogP contribution is -2.51. The standard InChI is InChI=1S/C21H31N5O4/c1-7-29-21(28)18-13(2)17(14(3)23-18)20(27)26-8-9-30-16(12-24(4)5)19(26)15-10-22-25(6)11-15/h10-11,16,19,23H,7-9,12H2,1-6H3/t16-,19-/m0/s1. The van der Waals surface area contributed by atoms with E-state index in [1.807, 2.05) is 37.1 Å². The van der Waals surface area contributed by atoms with Crippen LogP contribution < -0.4 is 0 Å². The zero-order chi connectivity index (χ0) is 22.0. The number of hydrogen-bond donors (Lipinski definition) is 1. The fourth-order valence-corrected chi connectivity index (χ4v) is 4.08. The molecule has 0 unspecified atom stereocenters. The smallest absolute Gasteiger partial charge is 0.355 e. The molecule has 1 saturated heterocycles. The molecular formula is C21H31N5O4. The molecular weight excluding hydrogens is 386 g/mol. The lowest BCUT2D eigenvalue weighted by atomic mass is 9.98. The number of morpholine rings is 1. The molecule has 3 heterocycles. The molecule has 0 aliphatic carbocycles. The Hall–Kier alpha value is -2.65. The Labute approximate surface area is 176 Å². The van der Waals surface area contributed by atoms with Crippen LogP contribution in [0.5, 0.6) is 0 Å². The molecule has 1 fully saturated rings. The van der Waals surface area contributed by atoms with Gasteiger partial charge in [-0.05, 0) is 40.4 Å². The molecule has 1 aliphatic heterocycles. The first kappa shape index (κ1) is 22.0. The number of likely N-dealkylation sites (N-methyl/N-ethyl adjacent to an activating group) is 1. The average molecular weight is 418 g/mol. The molecule has 164 valence electrons. The lowest BCUT2D eigenvalue weighted by Gasteiger charge is -2.42. The van der Waals surface area contributed by atoms with Crippen LogP contribution in [-0.2, 0) is 16.5 Å². The minimum Gasteiger partial charge on any atom is -0.461 e. The first-order valence-corrected chi connectivity index (χ1v) is 10.2. The first-order chi connectivity index (χ1) is 14.2. The molecule has 30 heavy (non-hydrogen) atoms. The van der Waals surface area contributed by atoms with Crippen LogP contribution in [0.15, 0.2) is 12.4 Å². The maximum atomic E-state index is 13.7. The van der Waals surface area contributed by atoms with Crippen molar-refractivity contribution >= 4 is 11.9 Å². The van der Waals surface area contributed by atoms with Crippen molar-refractivity contribution in [2.75, 3.05) is 40.4 Å². The number of esters is 1. The van der Waals surface area contributed by atoms with Gasteiger partial charge in [-0.1, -0.05) is 0 Å². The number of carbonyl (C=O) groups is 2. The van der Waals surface area contributed by atoms with Gasteiger partial charge in [-0.15, -0.1) is 0 Å². The Morgan fingerprint density at radius 3 is 2.70 bits per heavy atom. The summed E-state index contributed by atoms with van der Waals surface area (Å²) in [5.41, 5.74) is 3.03. The van der Waals surface area contributed by atoms with Crippen molar-refractivity contribution in [2.24, 2.45) is 7.05 Å². The van der Waals surface area contributed by atoms with E-state index in [0.29, 0.717) is 42.2 Å². The predicted octanol–water partition coefficient (Wildman–Crippen LogP) is 1.69. The molecule has 9 nitrogen and oxygen atoms in total. The zero-order valence-corrected chi connectivity index (χ0v) is 18.6. The molecule has 1 amide bonds. The molecule has 2 atom stereocenters. The van der Waals surface area contributed by atoms with E-state index in [1.165, 1.54) is 0 Å². The van der Waals surface area contributed by atoms with Gasteiger partial charge in [0.2, 0.25) is 0 Å². The maximum Gasteiger partial charge on any atom is 0.355 e. The second-order valence-electron chi connectivity index (χ2n) is 7.91. The van der Waals surface area contributed by atoms with E-state index in [0.717, 1.165) is 5.56 Å². The van der Waals surface area contributed by atoms with Gasteiger partial charge in [0.25, 0.3) is 5.91 Å². The highest BCUT2D eigenvalue weighted by atomic mass is 16.5. The fraction of sp³-hybridized carbons (Fsp3) is 0.571. The molecule has 2 aromatic rings. The minimum absolute atomic E-state index is 0.127. The number of amides is 1. The summed E-state index contributed by atoms with van der Waals surface area (Å²) in [5.74, 6) is -0.578. The van der Waals surface area contributed by atoms with Crippen molar-refractivity contribution in [3.63, 3.8) is 0 Å². The van der Waals surface area contributed by atoms with E-state index in [1.54, 1.807) is 31.6 Å². The Morgan fingerprint density at radius 2 is 2.10 bits per heavy atom. The number of aromatic nitrogens is 3. The molecule has 0 spiro atoms. The van der Waals surface area contributed by atoms with E-state index in [9.17, 15) is 9.59 Å². The number of H-pyrrole nitrogens is 1. The van der Waals surface area contributed by atoms with Crippen LogP contribution in [0, 0.1) is 13.8 Å². The Kier molecular flexibility index (Phi) is 6.62. The number of aryl methyl sites for hydroxylation is 2. The molecule has 3 rings (SSSR count). The van der Waals surface area contributed by atoms with Crippen molar-refractivity contribution < 1.29 is 19.1 Å². The summed E-state index contributed by atoms with van der Waals surface area (Å²) in [7, 11) is 5.82. The largest absolute Gasteiger partial charge is 0.461 e. The Balaban J connectivity index is 1.99. The number of nitrogens with one attached hydrogen (secondary N) is 1. The van der Waals surface area contributed by atoms with Crippen LogP contribution in [0.2, 0.25) is 0 Å². The van der Waals surface area contributed by atoms with E-state index >= 15 is 0 Å². The summed E-state index contributed by atoms with van der Waals surface area (Å²) in [4.78, 5) is 32.9. The van der Waals surface area contributed by atoms with Gasteiger partial charge >= 0.3 is 5.97 Å². The van der Waals surface area contributed by atoms with Gasteiger partial charge in [0, 0.05) is 37.6 Å². The van der Waals surface area contributed by atoms with Crippen LogP contribution in [-0.4, -0.2) is 82.9 Å². The molecule has 1 aliphatic rings. The third-order valence-corrected chi connectivity index (χ3v) is 5.36. The summed E-state index contributed by atoms with van der Waals surface area (Å²) in [6.45, 7) is 7.20. The van der Waals surface area contributed by atoms with Crippen molar-refractivity contribution in [1.82, 2.24) is 24.6 Å². The monoisotopic (exact) mass is 417 g/mol. The summed E-state index contributed by atoms with van der Waals surface area (Å²) in [5, 5.41) is 4.30. The third kappa shape index (κ3) is 4.27. The number of nitrogens with zero attached hydrogens (tertiary/aromatic N) is 4. The van der Waals surface area contributed by atoms with E-state index in [4.69, 9.17) is 9.47 Å². The highest BCUT2D eigenvalue weighted by Gasteiger charge is 2.39. The summed E-state index contributed by atoms with van der Waals surface area (Å²) in [6.07, 6.45) is 3.51. The highest BCUT2D eigenvalue weighted by Crippen LogP contribution is 2.33. The normalized spacial score (nSPS) is 19.4. The number of rotatable bonds is 6. The van der Waals surface area contributed by atoms with Crippen molar-refractivity contribution in [1.29, 1.82) is 0 Å². The Morgan fingerprint density at radius 1 is 1.37 bits per heavy atom. The fourth-order valence-electron chi connectivity index (χ4n) is 4.08. The van der Waals surface area contributed by atoms with Gasteiger partial charge < -0.3 is 24.3 Å². The molecule has 1 N–H and O–H groups in total. The molecule has 9 heteroatoms. The maximum absolute atomic E-state index is 13.7. The van der Waals surface area contributed by atoms with Crippen LogP contribution in [0.25, 0.3) is 0 Å². The molecule has 0 radical (unpaired) electrons. The van der Waals surface area contributed by atoms with Crippen molar-refractivity contribution in [3.8, 4) is 0 Å². The van der Waals surface area contributed by atoms with E-state index in [2.05, 4.69) is 10.1 Å². The highest BCUT2D eigenvalue weighted by molar-refractivity contribution is 6.01. The third-order valence-electron chi connectivity index (χ3n) is 5.36. The predicted molar refractivity (Wildman–Crippen MR) is 112 cm³/mol. The second kappa shape index (κ2) is 9.01. The molecule has 0 aromatic carbocycles. The van der Waals surface area contributed by atoms with Gasteiger partial charge in [0.05, 0.1) is 37.1 Å². The van der Waals surface area contributed by atoms with Gasteiger partial charge in [-0.3, -0.25) is 9.48 Å².